The molecule has 4 nitrogen and oxygen atoms in total. The minimum atomic E-state index is 0.250. The van der Waals surface area contributed by atoms with Gasteiger partial charge in [0.1, 0.15) is 0 Å². The van der Waals surface area contributed by atoms with Gasteiger partial charge in [-0.1, -0.05) is 0 Å². The zero-order chi connectivity index (χ0) is 9.84. The summed E-state index contributed by atoms with van der Waals surface area (Å²) in [7, 11) is 3.95. The summed E-state index contributed by atoms with van der Waals surface area (Å²) in [6, 6.07) is 0.250. The second kappa shape index (κ2) is 4.91. The Morgan fingerprint density at radius 2 is 2.23 bits per heavy atom. The zero-order valence-electron chi connectivity index (χ0n) is 8.79. The van der Waals surface area contributed by atoms with Crippen LogP contribution in [0.2, 0.25) is 0 Å². The first kappa shape index (κ1) is 10.9. The molecule has 0 spiro atoms. The van der Waals surface area contributed by atoms with Gasteiger partial charge in [0.15, 0.2) is 0 Å². The molecule has 0 radical (unpaired) electrons. The average Bonchev–Trinajstić information content (AvgIpc) is 2.47. The highest BCUT2D eigenvalue weighted by molar-refractivity contribution is 4.82. The first-order valence-electron chi connectivity index (χ1n) is 4.92. The number of nitrogens with zero attached hydrogens (tertiary/aromatic N) is 1. The fourth-order valence-corrected chi connectivity index (χ4v) is 1.75. The molecule has 1 saturated heterocycles. The summed E-state index contributed by atoms with van der Waals surface area (Å²) in [6.45, 7) is 2.73. The van der Waals surface area contributed by atoms with Crippen LogP contribution in [0.3, 0.4) is 0 Å². The Kier molecular flexibility index (Phi) is 4.12. The molecule has 4 heteroatoms. The van der Waals surface area contributed by atoms with Crippen molar-refractivity contribution < 1.29 is 4.74 Å². The summed E-state index contributed by atoms with van der Waals surface area (Å²) >= 11 is 0. The Balaban J connectivity index is 2.37. The summed E-state index contributed by atoms with van der Waals surface area (Å²) in [6.07, 6.45) is 2.94. The van der Waals surface area contributed by atoms with Gasteiger partial charge in [-0.25, -0.2) is 5.43 Å². The minimum absolute atomic E-state index is 0.250. The number of hydrazine groups is 1. The van der Waals surface area contributed by atoms with Gasteiger partial charge in [-0.3, -0.25) is 5.01 Å². The van der Waals surface area contributed by atoms with Gasteiger partial charge in [-0.2, -0.15) is 0 Å². The van der Waals surface area contributed by atoms with Gasteiger partial charge in [-0.15, -0.1) is 0 Å². The molecule has 13 heavy (non-hydrogen) atoms. The van der Waals surface area contributed by atoms with E-state index in [9.17, 15) is 0 Å². The third-order valence-corrected chi connectivity index (χ3v) is 2.39. The van der Waals surface area contributed by atoms with Crippen LogP contribution in [0.1, 0.15) is 19.8 Å². The van der Waals surface area contributed by atoms with Crippen molar-refractivity contribution in [2.75, 3.05) is 20.6 Å². The van der Waals surface area contributed by atoms with Crippen LogP contribution >= 0.6 is 0 Å². The predicted molar refractivity (Wildman–Crippen MR) is 53.2 cm³/mol. The van der Waals surface area contributed by atoms with Gasteiger partial charge in [-0.05, 0) is 19.8 Å². The molecule has 3 unspecified atom stereocenters. The number of nitrogens with one attached hydrogen (secondary N) is 1. The Hall–Kier alpha value is -0.160. The highest BCUT2D eigenvalue weighted by atomic mass is 16.5. The van der Waals surface area contributed by atoms with Crippen molar-refractivity contribution >= 4 is 0 Å². The minimum Gasteiger partial charge on any atom is -0.374 e. The third-order valence-electron chi connectivity index (χ3n) is 2.39. The van der Waals surface area contributed by atoms with Crippen LogP contribution in [0.25, 0.3) is 0 Å². The second-order valence-electron chi connectivity index (χ2n) is 3.93. The normalized spacial score (nSPS) is 31.2. The molecular formula is C9H21N3O. The van der Waals surface area contributed by atoms with E-state index in [0.29, 0.717) is 12.6 Å². The van der Waals surface area contributed by atoms with Crippen molar-refractivity contribution in [2.24, 2.45) is 5.73 Å². The molecule has 1 aliphatic rings. The maximum Gasteiger partial charge on any atom is 0.0758 e. The van der Waals surface area contributed by atoms with E-state index in [1.165, 1.54) is 0 Å². The van der Waals surface area contributed by atoms with Crippen molar-refractivity contribution in [3.63, 3.8) is 0 Å². The molecule has 1 fully saturated rings. The smallest absolute Gasteiger partial charge is 0.0758 e. The van der Waals surface area contributed by atoms with Gasteiger partial charge in [0, 0.05) is 20.6 Å². The third kappa shape index (κ3) is 3.23. The highest BCUT2D eigenvalue weighted by Gasteiger charge is 2.28. The number of hydrogen-bond donors (Lipinski definition) is 2. The van der Waals surface area contributed by atoms with Crippen molar-refractivity contribution in [2.45, 2.75) is 38.0 Å². The summed E-state index contributed by atoms with van der Waals surface area (Å²) < 4.78 is 5.75. The first-order valence-corrected chi connectivity index (χ1v) is 4.92. The molecule has 1 rings (SSSR count). The van der Waals surface area contributed by atoms with E-state index < -0.39 is 0 Å². The Morgan fingerprint density at radius 1 is 1.54 bits per heavy atom. The Labute approximate surface area is 80.4 Å². The van der Waals surface area contributed by atoms with Crippen molar-refractivity contribution in [1.29, 1.82) is 0 Å². The topological polar surface area (TPSA) is 50.5 Å². The van der Waals surface area contributed by atoms with E-state index in [0.717, 1.165) is 12.8 Å². The van der Waals surface area contributed by atoms with Crippen molar-refractivity contribution in [3.05, 3.63) is 0 Å². The number of nitrogens with two attached hydrogens (primary N) is 1. The monoisotopic (exact) mass is 187 g/mol. The van der Waals surface area contributed by atoms with E-state index >= 15 is 0 Å². The molecule has 3 N–H and O–H groups in total. The van der Waals surface area contributed by atoms with Crippen LogP contribution in [0.5, 0.6) is 0 Å². The maximum absolute atomic E-state index is 5.75. The quantitative estimate of drug-likeness (QED) is 0.606. The molecule has 1 aliphatic heterocycles. The standard InChI is InChI=1S/C9H21N3O/c1-7-4-5-9(13-7)8(6-10)11-12(2)3/h7-9,11H,4-6,10H2,1-3H3. The molecule has 0 bridgehead atoms. The largest absolute Gasteiger partial charge is 0.374 e. The van der Waals surface area contributed by atoms with Crippen LogP contribution in [0.4, 0.5) is 0 Å². The van der Waals surface area contributed by atoms with E-state index in [1.807, 2.05) is 19.1 Å². The predicted octanol–water partition coefficient (Wildman–Crippen LogP) is -0.0526. The number of ether oxygens (including phenoxy) is 1. The first-order chi connectivity index (χ1) is 6.13. The Morgan fingerprint density at radius 3 is 2.62 bits per heavy atom. The lowest BCUT2D eigenvalue weighted by molar-refractivity contribution is 0.0181. The lowest BCUT2D eigenvalue weighted by Gasteiger charge is -2.26. The molecule has 1 heterocycles. The lowest BCUT2D eigenvalue weighted by Crippen LogP contribution is -2.50. The van der Waals surface area contributed by atoms with Gasteiger partial charge >= 0.3 is 0 Å². The maximum atomic E-state index is 5.75. The Bertz CT molecular complexity index is 152. The molecule has 0 aromatic rings. The van der Waals surface area contributed by atoms with Crippen LogP contribution in [0.15, 0.2) is 0 Å². The fraction of sp³-hybridized carbons (Fsp3) is 1.00. The SMILES string of the molecule is CC1CCC(C(CN)NN(C)C)O1. The molecule has 0 amide bonds. The summed E-state index contributed by atoms with van der Waals surface area (Å²) in [5.41, 5.74) is 8.95. The summed E-state index contributed by atoms with van der Waals surface area (Å²) in [5.74, 6) is 0. The molecule has 0 saturated carbocycles. The van der Waals surface area contributed by atoms with E-state index in [2.05, 4.69) is 12.3 Å². The van der Waals surface area contributed by atoms with E-state index in [-0.39, 0.29) is 12.1 Å². The van der Waals surface area contributed by atoms with E-state index in [4.69, 9.17) is 10.5 Å². The van der Waals surface area contributed by atoms with Gasteiger partial charge in [0.2, 0.25) is 0 Å². The number of rotatable bonds is 4. The number of hydrogen-bond acceptors (Lipinski definition) is 4. The van der Waals surface area contributed by atoms with Crippen LogP contribution < -0.4 is 11.2 Å². The molecule has 3 atom stereocenters. The average molecular weight is 187 g/mol. The highest BCUT2D eigenvalue weighted by Crippen LogP contribution is 2.21. The zero-order valence-corrected chi connectivity index (χ0v) is 8.79. The second-order valence-corrected chi connectivity index (χ2v) is 3.93. The van der Waals surface area contributed by atoms with Crippen molar-refractivity contribution in [3.8, 4) is 0 Å². The van der Waals surface area contributed by atoms with Gasteiger partial charge in [0.25, 0.3) is 0 Å². The molecular weight excluding hydrogens is 166 g/mol. The van der Waals surface area contributed by atoms with Gasteiger partial charge < -0.3 is 10.5 Å². The molecule has 0 aromatic heterocycles. The summed E-state index contributed by atoms with van der Waals surface area (Å²) in [4.78, 5) is 0. The van der Waals surface area contributed by atoms with Gasteiger partial charge in [0.05, 0.1) is 18.2 Å². The lowest BCUT2D eigenvalue weighted by atomic mass is 10.1. The summed E-state index contributed by atoms with van der Waals surface area (Å²) in [5, 5.41) is 1.93. The molecule has 0 aromatic carbocycles. The van der Waals surface area contributed by atoms with Crippen LogP contribution in [-0.2, 0) is 4.74 Å². The molecule has 78 valence electrons. The van der Waals surface area contributed by atoms with Crippen LogP contribution in [-0.4, -0.2) is 43.9 Å². The van der Waals surface area contributed by atoms with E-state index in [1.54, 1.807) is 0 Å². The van der Waals surface area contributed by atoms with Crippen LogP contribution in [0, 0.1) is 0 Å². The van der Waals surface area contributed by atoms with Crippen molar-refractivity contribution in [1.82, 2.24) is 10.4 Å². The fourth-order valence-electron chi connectivity index (χ4n) is 1.75. The molecule has 0 aliphatic carbocycles.